The number of aromatic hydroxyl groups is 1. The number of pyridine rings is 1. The summed E-state index contributed by atoms with van der Waals surface area (Å²) in [6.07, 6.45) is 6.38. The van der Waals surface area contributed by atoms with Crippen molar-refractivity contribution < 1.29 is 5.11 Å². The maximum Gasteiger partial charge on any atom is 0.137 e. The molecule has 3 aromatic rings. The van der Waals surface area contributed by atoms with E-state index < -0.39 is 0 Å². The molecule has 4 nitrogen and oxygen atoms in total. The summed E-state index contributed by atoms with van der Waals surface area (Å²) in [5.41, 5.74) is 3.53. The molecule has 0 bridgehead atoms. The number of aromatic amines is 1. The Labute approximate surface area is 135 Å². The third-order valence-electron chi connectivity index (χ3n) is 4.75. The molecule has 1 saturated heterocycles. The predicted octanol–water partition coefficient (Wildman–Crippen LogP) is 3.65. The lowest BCUT2D eigenvalue weighted by Crippen LogP contribution is -2.33. The van der Waals surface area contributed by atoms with E-state index in [1.807, 2.05) is 24.4 Å². The molecule has 1 fully saturated rings. The highest BCUT2D eigenvalue weighted by Gasteiger charge is 2.23. The van der Waals surface area contributed by atoms with Crippen LogP contribution in [-0.2, 0) is 6.54 Å². The minimum Gasteiger partial charge on any atom is -0.508 e. The molecule has 1 aliphatic heterocycles. The number of phenolic OH excluding ortho intramolecular Hbond substituents is 1. The number of rotatable bonds is 3. The number of fused-ring (bicyclic) bond motifs is 1. The van der Waals surface area contributed by atoms with E-state index in [4.69, 9.17) is 0 Å². The van der Waals surface area contributed by atoms with E-state index >= 15 is 0 Å². The Kier molecular flexibility index (Phi) is 3.75. The first-order valence-corrected chi connectivity index (χ1v) is 8.22. The first kappa shape index (κ1) is 14.3. The minimum absolute atomic E-state index is 0.346. The lowest BCUT2D eigenvalue weighted by molar-refractivity contribution is 0.200. The van der Waals surface area contributed by atoms with Crippen molar-refractivity contribution in [2.45, 2.75) is 25.3 Å². The van der Waals surface area contributed by atoms with Gasteiger partial charge in [-0.25, -0.2) is 4.98 Å². The van der Waals surface area contributed by atoms with Crippen LogP contribution in [-0.4, -0.2) is 33.1 Å². The third kappa shape index (κ3) is 2.94. The second-order valence-electron chi connectivity index (χ2n) is 6.39. The van der Waals surface area contributed by atoms with Gasteiger partial charge in [0.2, 0.25) is 0 Å². The molecule has 1 atom stereocenters. The van der Waals surface area contributed by atoms with Gasteiger partial charge in [0.15, 0.2) is 0 Å². The van der Waals surface area contributed by atoms with Crippen LogP contribution in [0.25, 0.3) is 11.0 Å². The number of benzene rings is 1. The van der Waals surface area contributed by atoms with E-state index in [0.29, 0.717) is 11.7 Å². The van der Waals surface area contributed by atoms with Crippen LogP contribution in [0.3, 0.4) is 0 Å². The maximum atomic E-state index is 9.63. The van der Waals surface area contributed by atoms with Crippen molar-refractivity contribution in [3.8, 4) is 5.75 Å². The molecule has 2 aromatic heterocycles. The van der Waals surface area contributed by atoms with Crippen LogP contribution in [0.5, 0.6) is 5.75 Å². The van der Waals surface area contributed by atoms with Crippen LogP contribution in [0.2, 0.25) is 0 Å². The summed E-state index contributed by atoms with van der Waals surface area (Å²) in [5, 5.41) is 10.9. The molecule has 3 heterocycles. The molecule has 0 amide bonds. The zero-order chi connectivity index (χ0) is 15.6. The second kappa shape index (κ2) is 6.05. The molecule has 118 valence electrons. The second-order valence-corrected chi connectivity index (χ2v) is 6.39. The molecule has 0 unspecified atom stereocenters. The summed E-state index contributed by atoms with van der Waals surface area (Å²) in [5.74, 6) is 0.887. The molecule has 4 rings (SSSR count). The molecular weight excluding hydrogens is 286 g/mol. The molecule has 0 aliphatic carbocycles. The first-order valence-electron chi connectivity index (χ1n) is 8.22. The van der Waals surface area contributed by atoms with E-state index in [2.05, 4.69) is 33.2 Å². The van der Waals surface area contributed by atoms with E-state index in [1.165, 1.54) is 29.4 Å². The molecule has 23 heavy (non-hydrogen) atoms. The van der Waals surface area contributed by atoms with Crippen LogP contribution < -0.4 is 0 Å². The number of likely N-dealkylation sites (tertiary alicyclic amines) is 1. The topological polar surface area (TPSA) is 52.1 Å². The number of piperidine rings is 1. The first-order chi connectivity index (χ1) is 11.3. The molecule has 0 radical (unpaired) electrons. The van der Waals surface area contributed by atoms with E-state index in [9.17, 15) is 5.11 Å². The number of nitrogens with zero attached hydrogens (tertiary/aromatic N) is 2. The lowest BCUT2D eigenvalue weighted by atomic mass is 9.90. The summed E-state index contributed by atoms with van der Waals surface area (Å²) in [6.45, 7) is 3.07. The number of nitrogens with one attached hydrogen (secondary N) is 1. The third-order valence-corrected chi connectivity index (χ3v) is 4.75. The van der Waals surface area contributed by atoms with Crippen molar-refractivity contribution in [2.75, 3.05) is 13.1 Å². The van der Waals surface area contributed by atoms with Crippen molar-refractivity contribution in [1.82, 2.24) is 14.9 Å². The van der Waals surface area contributed by atoms with Crippen LogP contribution in [0, 0.1) is 0 Å². The Morgan fingerprint density at radius 1 is 1.26 bits per heavy atom. The van der Waals surface area contributed by atoms with Gasteiger partial charge in [-0.05, 0) is 60.7 Å². The Morgan fingerprint density at radius 3 is 3.13 bits per heavy atom. The Hall–Kier alpha value is -2.33. The predicted molar refractivity (Wildman–Crippen MR) is 91.5 cm³/mol. The van der Waals surface area contributed by atoms with Crippen LogP contribution in [0.15, 0.2) is 48.8 Å². The number of hydrogen-bond acceptors (Lipinski definition) is 3. The van der Waals surface area contributed by atoms with Gasteiger partial charge in [-0.3, -0.25) is 4.90 Å². The van der Waals surface area contributed by atoms with Crippen molar-refractivity contribution in [1.29, 1.82) is 0 Å². The Bertz CT molecular complexity index is 811. The Morgan fingerprint density at radius 2 is 2.22 bits per heavy atom. The molecular formula is C19H21N3O. The molecule has 0 spiro atoms. The quantitative estimate of drug-likeness (QED) is 0.776. The number of phenols is 1. The number of hydrogen-bond donors (Lipinski definition) is 2. The fraction of sp³-hybridized carbons (Fsp3) is 0.316. The zero-order valence-electron chi connectivity index (χ0n) is 13.1. The average Bonchev–Trinajstić information content (AvgIpc) is 2.99. The summed E-state index contributed by atoms with van der Waals surface area (Å²) in [4.78, 5) is 10.2. The highest BCUT2D eigenvalue weighted by Crippen LogP contribution is 2.32. The van der Waals surface area contributed by atoms with Crippen LogP contribution in [0.4, 0.5) is 0 Å². The number of aromatic nitrogens is 2. The Balaban J connectivity index is 1.53. The average molecular weight is 307 g/mol. The molecule has 2 N–H and O–H groups in total. The fourth-order valence-corrected chi connectivity index (χ4v) is 3.68. The number of H-pyrrole nitrogens is 1. The zero-order valence-corrected chi connectivity index (χ0v) is 13.1. The monoisotopic (exact) mass is 307 g/mol. The maximum absolute atomic E-state index is 9.63. The molecule has 1 aromatic carbocycles. The summed E-state index contributed by atoms with van der Waals surface area (Å²) in [7, 11) is 0. The highest BCUT2D eigenvalue weighted by molar-refractivity contribution is 5.80. The standard InChI is InChI=1S/C19H21N3O/c23-16-6-1-4-14(10-16)12-22-9-3-5-15(13-22)18-11-21-19-17(18)7-2-8-20-19/h1-2,4,6-8,10-11,15,23H,3,5,9,12-13H2,(H,20,21)/t15-/m1/s1. The SMILES string of the molecule is Oc1cccc(CN2CCC[C@@H](c3c[nH]c4ncccc34)C2)c1. The van der Waals surface area contributed by atoms with Gasteiger partial charge in [-0.2, -0.15) is 0 Å². The van der Waals surface area contributed by atoms with Gasteiger partial charge in [0.25, 0.3) is 0 Å². The smallest absolute Gasteiger partial charge is 0.137 e. The summed E-state index contributed by atoms with van der Waals surface area (Å²) >= 11 is 0. The minimum atomic E-state index is 0.346. The molecule has 0 saturated carbocycles. The summed E-state index contributed by atoms with van der Waals surface area (Å²) < 4.78 is 0. The summed E-state index contributed by atoms with van der Waals surface area (Å²) in [6, 6.07) is 11.7. The lowest BCUT2D eigenvalue weighted by Gasteiger charge is -2.32. The van der Waals surface area contributed by atoms with E-state index in [1.54, 1.807) is 6.07 Å². The van der Waals surface area contributed by atoms with Gasteiger partial charge >= 0.3 is 0 Å². The van der Waals surface area contributed by atoms with Gasteiger partial charge in [-0.15, -0.1) is 0 Å². The molecule has 4 heteroatoms. The van der Waals surface area contributed by atoms with Crippen molar-refractivity contribution >= 4 is 11.0 Å². The van der Waals surface area contributed by atoms with E-state index in [-0.39, 0.29) is 0 Å². The van der Waals surface area contributed by atoms with Gasteiger partial charge < -0.3 is 10.1 Å². The van der Waals surface area contributed by atoms with E-state index in [0.717, 1.165) is 25.3 Å². The largest absolute Gasteiger partial charge is 0.508 e. The van der Waals surface area contributed by atoms with Gasteiger partial charge in [0.1, 0.15) is 11.4 Å². The van der Waals surface area contributed by atoms with Gasteiger partial charge in [-0.1, -0.05) is 12.1 Å². The van der Waals surface area contributed by atoms with Crippen LogP contribution >= 0.6 is 0 Å². The fourth-order valence-electron chi connectivity index (χ4n) is 3.68. The van der Waals surface area contributed by atoms with Crippen LogP contribution in [0.1, 0.15) is 29.9 Å². The molecule has 1 aliphatic rings. The van der Waals surface area contributed by atoms with Crippen molar-refractivity contribution in [3.05, 3.63) is 59.9 Å². The van der Waals surface area contributed by atoms with Crippen molar-refractivity contribution in [3.63, 3.8) is 0 Å². The highest BCUT2D eigenvalue weighted by atomic mass is 16.3. The normalized spacial score (nSPS) is 19.2. The van der Waals surface area contributed by atoms with Gasteiger partial charge in [0, 0.05) is 30.9 Å². The van der Waals surface area contributed by atoms with Crippen molar-refractivity contribution in [2.24, 2.45) is 0 Å². The van der Waals surface area contributed by atoms with Gasteiger partial charge in [0.05, 0.1) is 0 Å².